The van der Waals surface area contributed by atoms with Gasteiger partial charge < -0.3 is 15.0 Å². The van der Waals surface area contributed by atoms with Crippen molar-refractivity contribution < 1.29 is 4.74 Å². The Bertz CT molecular complexity index is 369. The van der Waals surface area contributed by atoms with Crippen molar-refractivity contribution in [2.45, 2.75) is 38.8 Å². The Morgan fingerprint density at radius 3 is 2.42 bits per heavy atom. The molecule has 1 aromatic rings. The van der Waals surface area contributed by atoms with Crippen LogP contribution in [0.3, 0.4) is 0 Å². The van der Waals surface area contributed by atoms with Crippen LogP contribution in [0.1, 0.15) is 38.3 Å². The van der Waals surface area contributed by atoms with E-state index >= 15 is 0 Å². The van der Waals surface area contributed by atoms with Crippen LogP contribution in [-0.4, -0.2) is 37.7 Å². The molecule has 0 radical (unpaired) electrons. The number of nitrogens with one attached hydrogen (secondary N) is 1. The Labute approximate surface area is 116 Å². The van der Waals surface area contributed by atoms with Gasteiger partial charge in [-0.25, -0.2) is 0 Å². The highest BCUT2D eigenvalue weighted by Gasteiger charge is 2.19. The maximum atomic E-state index is 5.20. The minimum Gasteiger partial charge on any atom is -0.497 e. The number of likely N-dealkylation sites (tertiary alicyclic amines) is 1. The molecular weight excluding hydrogens is 236 g/mol. The predicted molar refractivity (Wildman–Crippen MR) is 79.7 cm³/mol. The van der Waals surface area contributed by atoms with Gasteiger partial charge in [0.2, 0.25) is 0 Å². The van der Waals surface area contributed by atoms with E-state index in [0.29, 0.717) is 12.1 Å². The standard InChI is InChI=1S/C16H26N2O/c1-4-18-11-9-15(10-12-18)17-13(2)14-5-7-16(19-3)8-6-14/h5-8,13,15,17H,4,9-12H2,1-3H3. The second kappa shape index (κ2) is 6.92. The minimum absolute atomic E-state index is 0.407. The van der Waals surface area contributed by atoms with Gasteiger partial charge in [0.1, 0.15) is 5.75 Å². The number of nitrogens with zero attached hydrogens (tertiary/aromatic N) is 1. The highest BCUT2D eigenvalue weighted by molar-refractivity contribution is 5.28. The molecule has 1 fully saturated rings. The zero-order valence-corrected chi connectivity index (χ0v) is 12.4. The van der Waals surface area contributed by atoms with E-state index in [1.807, 2.05) is 12.1 Å². The Kier molecular flexibility index (Phi) is 5.23. The van der Waals surface area contributed by atoms with Gasteiger partial charge >= 0.3 is 0 Å². The van der Waals surface area contributed by atoms with E-state index in [9.17, 15) is 0 Å². The molecule has 1 aliphatic heterocycles. The number of benzene rings is 1. The molecule has 0 aliphatic carbocycles. The van der Waals surface area contributed by atoms with Crippen molar-refractivity contribution in [2.75, 3.05) is 26.7 Å². The fraction of sp³-hybridized carbons (Fsp3) is 0.625. The second-order valence-corrected chi connectivity index (χ2v) is 5.37. The van der Waals surface area contributed by atoms with E-state index in [0.717, 1.165) is 5.75 Å². The Hall–Kier alpha value is -1.06. The van der Waals surface area contributed by atoms with E-state index in [4.69, 9.17) is 4.74 Å². The summed E-state index contributed by atoms with van der Waals surface area (Å²) >= 11 is 0. The summed E-state index contributed by atoms with van der Waals surface area (Å²) in [5.41, 5.74) is 1.33. The van der Waals surface area contributed by atoms with Crippen molar-refractivity contribution in [1.29, 1.82) is 0 Å². The van der Waals surface area contributed by atoms with E-state index in [2.05, 4.69) is 36.2 Å². The molecule has 0 bridgehead atoms. The van der Waals surface area contributed by atoms with E-state index in [1.54, 1.807) is 7.11 Å². The van der Waals surface area contributed by atoms with Gasteiger partial charge in [-0.05, 0) is 57.1 Å². The van der Waals surface area contributed by atoms with Gasteiger partial charge in [0.05, 0.1) is 7.11 Å². The quantitative estimate of drug-likeness (QED) is 0.883. The Balaban J connectivity index is 1.85. The molecule has 1 atom stereocenters. The average molecular weight is 262 g/mol. The number of hydrogen-bond donors (Lipinski definition) is 1. The van der Waals surface area contributed by atoms with Crippen molar-refractivity contribution in [1.82, 2.24) is 10.2 Å². The maximum absolute atomic E-state index is 5.20. The Morgan fingerprint density at radius 1 is 1.26 bits per heavy atom. The molecule has 1 aliphatic rings. The van der Waals surface area contributed by atoms with Crippen LogP contribution in [0.5, 0.6) is 5.75 Å². The number of methoxy groups -OCH3 is 1. The summed E-state index contributed by atoms with van der Waals surface area (Å²) in [7, 11) is 1.71. The van der Waals surface area contributed by atoms with Crippen molar-refractivity contribution >= 4 is 0 Å². The third kappa shape index (κ3) is 3.95. The van der Waals surface area contributed by atoms with E-state index in [-0.39, 0.29) is 0 Å². The lowest BCUT2D eigenvalue weighted by Gasteiger charge is -2.33. The van der Waals surface area contributed by atoms with Crippen LogP contribution < -0.4 is 10.1 Å². The minimum atomic E-state index is 0.407. The number of ether oxygens (including phenoxy) is 1. The highest BCUT2D eigenvalue weighted by atomic mass is 16.5. The van der Waals surface area contributed by atoms with Crippen molar-refractivity contribution in [3.8, 4) is 5.75 Å². The fourth-order valence-corrected chi connectivity index (χ4v) is 2.76. The molecule has 0 saturated carbocycles. The maximum Gasteiger partial charge on any atom is 0.118 e. The smallest absolute Gasteiger partial charge is 0.118 e. The zero-order chi connectivity index (χ0) is 13.7. The lowest BCUT2D eigenvalue weighted by Crippen LogP contribution is -2.43. The van der Waals surface area contributed by atoms with E-state index in [1.165, 1.54) is 38.0 Å². The van der Waals surface area contributed by atoms with Crippen LogP contribution in [0.25, 0.3) is 0 Å². The summed E-state index contributed by atoms with van der Waals surface area (Å²) in [5.74, 6) is 0.923. The number of rotatable bonds is 5. The first-order valence-corrected chi connectivity index (χ1v) is 7.35. The van der Waals surface area contributed by atoms with Gasteiger partial charge in [0.25, 0.3) is 0 Å². The number of hydrogen-bond acceptors (Lipinski definition) is 3. The van der Waals surface area contributed by atoms with Gasteiger partial charge in [0, 0.05) is 12.1 Å². The lowest BCUT2D eigenvalue weighted by molar-refractivity contribution is 0.200. The third-order valence-corrected chi connectivity index (χ3v) is 4.14. The summed E-state index contributed by atoms with van der Waals surface area (Å²) in [5, 5.41) is 3.75. The van der Waals surface area contributed by atoms with E-state index < -0.39 is 0 Å². The van der Waals surface area contributed by atoms with Gasteiger partial charge in [-0.2, -0.15) is 0 Å². The summed E-state index contributed by atoms with van der Waals surface area (Å²) in [6.45, 7) is 8.12. The first kappa shape index (κ1) is 14.4. The first-order chi connectivity index (χ1) is 9.22. The molecule has 2 rings (SSSR count). The molecule has 1 heterocycles. The molecule has 106 valence electrons. The average Bonchev–Trinajstić information content (AvgIpc) is 2.48. The number of piperidine rings is 1. The van der Waals surface area contributed by atoms with Gasteiger partial charge in [-0.3, -0.25) is 0 Å². The van der Waals surface area contributed by atoms with Gasteiger partial charge in [-0.15, -0.1) is 0 Å². The molecule has 1 unspecified atom stereocenters. The molecule has 3 nitrogen and oxygen atoms in total. The first-order valence-electron chi connectivity index (χ1n) is 7.35. The van der Waals surface area contributed by atoms with Crippen LogP contribution in [0.2, 0.25) is 0 Å². The molecule has 3 heteroatoms. The zero-order valence-electron chi connectivity index (χ0n) is 12.4. The van der Waals surface area contributed by atoms with Crippen molar-refractivity contribution in [3.63, 3.8) is 0 Å². The predicted octanol–water partition coefficient (Wildman–Crippen LogP) is 2.83. The van der Waals surface area contributed by atoms with Gasteiger partial charge in [-0.1, -0.05) is 19.1 Å². The SMILES string of the molecule is CCN1CCC(NC(C)c2ccc(OC)cc2)CC1. The van der Waals surface area contributed by atoms with Crippen LogP contribution in [0.15, 0.2) is 24.3 Å². The summed E-state index contributed by atoms with van der Waals surface area (Å²) < 4.78 is 5.20. The third-order valence-electron chi connectivity index (χ3n) is 4.14. The van der Waals surface area contributed by atoms with Crippen LogP contribution in [-0.2, 0) is 0 Å². The van der Waals surface area contributed by atoms with Crippen molar-refractivity contribution in [3.05, 3.63) is 29.8 Å². The molecule has 0 aromatic heterocycles. The topological polar surface area (TPSA) is 24.5 Å². The molecule has 0 amide bonds. The molecule has 1 saturated heterocycles. The van der Waals surface area contributed by atoms with Crippen molar-refractivity contribution in [2.24, 2.45) is 0 Å². The molecule has 1 N–H and O–H groups in total. The largest absolute Gasteiger partial charge is 0.497 e. The van der Waals surface area contributed by atoms with Crippen LogP contribution >= 0.6 is 0 Å². The molecule has 19 heavy (non-hydrogen) atoms. The Morgan fingerprint density at radius 2 is 1.89 bits per heavy atom. The fourth-order valence-electron chi connectivity index (χ4n) is 2.76. The molecule has 0 spiro atoms. The normalized spacial score (nSPS) is 19.3. The lowest BCUT2D eigenvalue weighted by atomic mass is 10.0. The summed E-state index contributed by atoms with van der Waals surface area (Å²) in [6, 6.07) is 9.43. The van der Waals surface area contributed by atoms with Gasteiger partial charge in [0.15, 0.2) is 0 Å². The summed E-state index contributed by atoms with van der Waals surface area (Å²) in [4.78, 5) is 2.52. The summed E-state index contributed by atoms with van der Waals surface area (Å²) in [6.07, 6.45) is 2.52. The molecule has 1 aromatic carbocycles. The van der Waals surface area contributed by atoms with Crippen LogP contribution in [0.4, 0.5) is 0 Å². The molecular formula is C16H26N2O. The van der Waals surface area contributed by atoms with Crippen LogP contribution in [0, 0.1) is 0 Å². The second-order valence-electron chi connectivity index (χ2n) is 5.37. The monoisotopic (exact) mass is 262 g/mol. The highest BCUT2D eigenvalue weighted by Crippen LogP contribution is 2.20.